The van der Waals surface area contributed by atoms with Crippen LogP contribution in [0.5, 0.6) is 0 Å². The van der Waals surface area contributed by atoms with Crippen molar-refractivity contribution in [2.45, 2.75) is 45.1 Å². The summed E-state index contributed by atoms with van der Waals surface area (Å²) in [6.45, 7) is 13.4. The number of likely N-dealkylation sites (N-methyl/N-ethyl adjacent to an activating group) is 1. The topological polar surface area (TPSA) is 94.8 Å². The first-order valence-electron chi connectivity index (χ1n) is 15.5. The van der Waals surface area contributed by atoms with Crippen molar-refractivity contribution in [3.8, 4) is 5.82 Å². The minimum Gasteiger partial charge on any atom is -0.371 e. The van der Waals surface area contributed by atoms with Crippen LogP contribution >= 0.6 is 0 Å². The van der Waals surface area contributed by atoms with Crippen molar-refractivity contribution < 1.29 is 4.21 Å². The predicted octanol–water partition coefficient (Wildman–Crippen LogP) is 5.43. The van der Waals surface area contributed by atoms with Crippen molar-refractivity contribution in [3.63, 3.8) is 0 Å². The van der Waals surface area contributed by atoms with E-state index in [0.29, 0.717) is 23.6 Å². The van der Waals surface area contributed by atoms with E-state index in [2.05, 4.69) is 92.1 Å². The van der Waals surface area contributed by atoms with Crippen molar-refractivity contribution in [2.24, 2.45) is 4.36 Å². The van der Waals surface area contributed by atoms with Crippen molar-refractivity contribution in [3.05, 3.63) is 60.4 Å². The molecule has 2 fully saturated rings. The zero-order valence-corrected chi connectivity index (χ0v) is 27.6. The molecule has 0 spiro atoms. The van der Waals surface area contributed by atoms with Gasteiger partial charge in [-0.3, -0.25) is 9.47 Å². The fourth-order valence-corrected chi connectivity index (χ4v) is 6.76. The Morgan fingerprint density at radius 2 is 1.64 bits per heavy atom. The molecule has 10 nitrogen and oxygen atoms in total. The number of fused-ring (bicyclic) bond motifs is 1. The van der Waals surface area contributed by atoms with Gasteiger partial charge >= 0.3 is 0 Å². The molecule has 2 aliphatic heterocycles. The van der Waals surface area contributed by atoms with E-state index < -0.39 is 9.73 Å². The van der Waals surface area contributed by atoms with Gasteiger partial charge in [0.05, 0.1) is 0 Å². The molecule has 1 N–H and O–H groups in total. The zero-order chi connectivity index (χ0) is 31.1. The number of hydrogen-bond acceptors (Lipinski definition) is 9. The van der Waals surface area contributed by atoms with E-state index in [1.807, 2.05) is 18.3 Å². The van der Waals surface area contributed by atoms with Crippen LogP contribution in [-0.2, 0) is 15.1 Å². The third-order valence-electron chi connectivity index (χ3n) is 8.58. The monoisotopic (exact) mass is 615 g/mol. The van der Waals surface area contributed by atoms with Gasteiger partial charge in [0.1, 0.15) is 5.82 Å². The molecule has 0 amide bonds. The highest BCUT2D eigenvalue weighted by Crippen LogP contribution is 2.32. The number of piperazine rings is 1. The van der Waals surface area contributed by atoms with Gasteiger partial charge in [-0.2, -0.15) is 9.35 Å². The summed E-state index contributed by atoms with van der Waals surface area (Å²) in [5.41, 5.74) is 3.82. The lowest BCUT2D eigenvalue weighted by Gasteiger charge is -2.42. The van der Waals surface area contributed by atoms with Gasteiger partial charge in [0, 0.05) is 102 Å². The fraction of sp³-hybridized carbons (Fsp3) is 0.485. The number of anilines is 3. The molecule has 1 aromatic carbocycles. The van der Waals surface area contributed by atoms with Gasteiger partial charge in [-0.05, 0) is 62.4 Å². The van der Waals surface area contributed by atoms with Gasteiger partial charge in [-0.15, -0.1) is 0 Å². The summed E-state index contributed by atoms with van der Waals surface area (Å²) in [6.07, 6.45) is 7.52. The third-order valence-corrected chi connectivity index (χ3v) is 9.21. The molecule has 4 aromatic rings. The molecule has 3 aromatic heterocycles. The molecule has 0 radical (unpaired) electrons. The second-order valence-electron chi connectivity index (χ2n) is 13.4. The summed E-state index contributed by atoms with van der Waals surface area (Å²) in [4.78, 5) is 22.0. The molecule has 5 heterocycles. The van der Waals surface area contributed by atoms with Gasteiger partial charge in [0.2, 0.25) is 5.95 Å². The molecule has 0 aliphatic carbocycles. The first-order valence-corrected chi connectivity index (χ1v) is 17.8. The fourth-order valence-electron chi connectivity index (χ4n) is 6.21. The average Bonchev–Trinajstić information content (AvgIpc) is 3.37. The van der Waals surface area contributed by atoms with E-state index >= 15 is 0 Å². The Bertz CT molecular complexity index is 1730. The van der Waals surface area contributed by atoms with Crippen LogP contribution in [0.3, 0.4) is 0 Å². The summed E-state index contributed by atoms with van der Waals surface area (Å²) in [6, 6.07) is 17.0. The number of rotatable bonds is 6. The molecule has 44 heavy (non-hydrogen) atoms. The number of nitrogens with one attached hydrogen (secondary N) is 1. The third kappa shape index (κ3) is 6.90. The van der Waals surface area contributed by atoms with Crippen molar-refractivity contribution >= 4 is 43.9 Å². The largest absolute Gasteiger partial charge is 0.371 e. The van der Waals surface area contributed by atoms with Gasteiger partial charge in [0.25, 0.3) is 0 Å². The van der Waals surface area contributed by atoms with Crippen LogP contribution in [0.1, 0.15) is 39.3 Å². The lowest BCUT2D eigenvalue weighted by atomic mass is 9.92. The maximum absolute atomic E-state index is 12.4. The first-order chi connectivity index (χ1) is 20.9. The van der Waals surface area contributed by atoms with E-state index in [1.54, 1.807) is 18.6 Å². The Morgan fingerprint density at radius 1 is 0.932 bits per heavy atom. The minimum absolute atomic E-state index is 0.180. The maximum Gasteiger partial charge on any atom is 0.229 e. The molecule has 0 atom stereocenters. The second kappa shape index (κ2) is 12.1. The molecule has 11 heteroatoms. The standard InChI is InChI=1S/C33H45N9OS/c1-33(2,3)28-22-24-23-34-32(37-31(24)42(28)30-9-7-8-29(36-30)38-44(5,6)43)35-25-10-12-26(13-11-25)40-16-14-27(15-17-40)41-20-18-39(4)19-21-41/h7-13,22-23,27H,14-21H2,1-6H3,(H,34,35,37). The lowest BCUT2D eigenvalue weighted by Crippen LogP contribution is -2.52. The summed E-state index contributed by atoms with van der Waals surface area (Å²) < 4.78 is 18.7. The summed E-state index contributed by atoms with van der Waals surface area (Å²) in [7, 11) is -0.123. The number of nitrogens with zero attached hydrogens (tertiary/aromatic N) is 8. The van der Waals surface area contributed by atoms with E-state index in [-0.39, 0.29) is 5.41 Å². The smallest absolute Gasteiger partial charge is 0.229 e. The highest BCUT2D eigenvalue weighted by atomic mass is 32.2. The van der Waals surface area contributed by atoms with Crippen LogP contribution in [0.25, 0.3) is 16.9 Å². The minimum atomic E-state index is -2.34. The number of piperidine rings is 1. The molecule has 0 bridgehead atoms. The average molecular weight is 616 g/mol. The summed E-state index contributed by atoms with van der Waals surface area (Å²) in [5.74, 6) is 1.64. The Hall–Kier alpha value is -3.54. The number of pyridine rings is 1. The molecular formula is C33H45N9OS. The molecular weight excluding hydrogens is 570 g/mol. The molecule has 2 saturated heterocycles. The quantitative estimate of drug-likeness (QED) is 0.307. The number of aromatic nitrogens is 4. The highest BCUT2D eigenvalue weighted by molar-refractivity contribution is 7.92. The molecule has 0 saturated carbocycles. The normalized spacial score (nSPS) is 17.7. The predicted molar refractivity (Wildman–Crippen MR) is 181 cm³/mol. The van der Waals surface area contributed by atoms with Crippen molar-refractivity contribution in [1.82, 2.24) is 29.3 Å². The number of hydrogen-bond donors (Lipinski definition) is 1. The van der Waals surface area contributed by atoms with Crippen LogP contribution in [-0.4, -0.2) is 98.4 Å². The molecule has 234 valence electrons. The van der Waals surface area contributed by atoms with E-state index in [0.717, 1.165) is 35.5 Å². The molecule has 2 aliphatic rings. The SMILES string of the molecule is CN1CCN(C2CCN(c3ccc(Nc4ncc5cc(C(C)(C)C)n(-c6cccc(N=S(C)(C)=O)n6)c5n4)cc3)CC2)CC1. The summed E-state index contributed by atoms with van der Waals surface area (Å²) in [5, 5.41) is 4.33. The molecule has 0 unspecified atom stereocenters. The van der Waals surface area contributed by atoms with E-state index in [9.17, 15) is 4.21 Å². The first kappa shape index (κ1) is 30.5. The van der Waals surface area contributed by atoms with Gasteiger partial charge < -0.3 is 15.1 Å². The Morgan fingerprint density at radius 3 is 2.30 bits per heavy atom. The van der Waals surface area contributed by atoms with Crippen molar-refractivity contribution in [2.75, 3.05) is 69.0 Å². The second-order valence-corrected chi connectivity index (χ2v) is 16.0. The molecule has 6 rings (SSSR count). The van der Waals surface area contributed by atoms with E-state index in [4.69, 9.17) is 9.97 Å². The van der Waals surface area contributed by atoms with Crippen LogP contribution in [0, 0.1) is 0 Å². The Balaban J connectivity index is 1.21. The van der Waals surface area contributed by atoms with Crippen LogP contribution < -0.4 is 10.2 Å². The highest BCUT2D eigenvalue weighted by Gasteiger charge is 2.27. The van der Waals surface area contributed by atoms with Crippen molar-refractivity contribution in [1.29, 1.82) is 0 Å². The lowest BCUT2D eigenvalue weighted by molar-refractivity contribution is 0.0982. The van der Waals surface area contributed by atoms with Crippen LogP contribution in [0.15, 0.2) is 59.1 Å². The van der Waals surface area contributed by atoms with E-state index in [1.165, 1.54) is 44.7 Å². The zero-order valence-electron chi connectivity index (χ0n) is 26.8. The number of benzene rings is 1. The van der Waals surface area contributed by atoms with Gasteiger partial charge in [-0.1, -0.05) is 26.8 Å². The van der Waals surface area contributed by atoms with Crippen LogP contribution in [0.4, 0.5) is 23.1 Å². The van der Waals surface area contributed by atoms with Crippen LogP contribution in [0.2, 0.25) is 0 Å². The van der Waals surface area contributed by atoms with Gasteiger partial charge in [-0.25, -0.2) is 14.2 Å². The maximum atomic E-state index is 12.4. The Labute approximate surface area is 261 Å². The Kier molecular flexibility index (Phi) is 8.38. The van der Waals surface area contributed by atoms with Gasteiger partial charge in [0.15, 0.2) is 11.5 Å². The summed E-state index contributed by atoms with van der Waals surface area (Å²) >= 11 is 0.